The van der Waals surface area contributed by atoms with Gasteiger partial charge in [-0.2, -0.15) is 0 Å². The summed E-state index contributed by atoms with van der Waals surface area (Å²) in [6.07, 6.45) is 0.683. The van der Waals surface area contributed by atoms with Crippen LogP contribution in [0.1, 0.15) is 0 Å². The van der Waals surface area contributed by atoms with Gasteiger partial charge in [-0.1, -0.05) is 0 Å². The summed E-state index contributed by atoms with van der Waals surface area (Å²) >= 11 is 0. The van der Waals surface area contributed by atoms with Gasteiger partial charge in [0.25, 0.3) is 5.56 Å². The maximum atomic E-state index is 13.1. The molecule has 0 bridgehead atoms. The van der Waals surface area contributed by atoms with Crippen molar-refractivity contribution in [3.8, 4) is 0 Å². The van der Waals surface area contributed by atoms with E-state index in [1.54, 1.807) is 0 Å². The summed E-state index contributed by atoms with van der Waals surface area (Å²) in [6, 6.07) is 3.88. The highest BCUT2D eigenvalue weighted by molar-refractivity contribution is 5.77. The third-order valence-electron chi connectivity index (χ3n) is 3.77. The number of hydrogen-bond acceptors (Lipinski definition) is 5. The minimum atomic E-state index is -0.671. The molecule has 1 aromatic heterocycles. The van der Waals surface area contributed by atoms with Gasteiger partial charge in [0, 0.05) is 25.7 Å². The van der Waals surface area contributed by atoms with Crippen LogP contribution in [0.25, 0.3) is 10.9 Å². The van der Waals surface area contributed by atoms with Gasteiger partial charge in [-0.05, 0) is 12.1 Å². The van der Waals surface area contributed by atoms with E-state index in [2.05, 4.69) is 9.88 Å². The molecule has 1 saturated heterocycles. The molecule has 0 radical (unpaired) electrons. The fourth-order valence-corrected chi connectivity index (χ4v) is 2.63. The Hall–Kier alpha value is -1.83. The fourth-order valence-electron chi connectivity index (χ4n) is 2.63. The van der Waals surface area contributed by atoms with Gasteiger partial charge in [0.15, 0.2) is 0 Å². The highest BCUT2D eigenvalue weighted by Crippen LogP contribution is 2.09. The van der Waals surface area contributed by atoms with Gasteiger partial charge in [-0.3, -0.25) is 14.3 Å². The van der Waals surface area contributed by atoms with E-state index in [9.17, 15) is 14.3 Å². The molecule has 118 valence electrons. The van der Waals surface area contributed by atoms with Gasteiger partial charge in [-0.25, -0.2) is 9.37 Å². The van der Waals surface area contributed by atoms with Crippen molar-refractivity contribution in [1.82, 2.24) is 14.5 Å². The minimum Gasteiger partial charge on any atom is -0.390 e. The first-order valence-electron chi connectivity index (χ1n) is 7.26. The number of rotatable bonds is 4. The number of β-amino-alcohol motifs (C(OH)–C–C–N with tert-alkyl or cyclic N) is 1. The van der Waals surface area contributed by atoms with Crippen LogP contribution in [0.15, 0.2) is 29.3 Å². The van der Waals surface area contributed by atoms with Crippen LogP contribution in [-0.2, 0) is 11.3 Å². The van der Waals surface area contributed by atoms with Gasteiger partial charge < -0.3 is 9.84 Å². The molecule has 0 aliphatic carbocycles. The van der Waals surface area contributed by atoms with Gasteiger partial charge in [0.2, 0.25) is 0 Å². The van der Waals surface area contributed by atoms with Crippen LogP contribution in [0.5, 0.6) is 0 Å². The first-order valence-corrected chi connectivity index (χ1v) is 7.26. The summed E-state index contributed by atoms with van der Waals surface area (Å²) in [7, 11) is 0. The van der Waals surface area contributed by atoms with Crippen LogP contribution >= 0.6 is 0 Å². The number of morpholine rings is 1. The molecule has 1 aromatic carbocycles. The lowest BCUT2D eigenvalue weighted by molar-refractivity contribution is 0.0113. The predicted octanol–water partition coefficient (Wildman–Crippen LogP) is 0.229. The Morgan fingerprint density at radius 3 is 2.86 bits per heavy atom. The van der Waals surface area contributed by atoms with Crippen LogP contribution in [0.2, 0.25) is 0 Å². The standard InChI is InChI=1S/C15H18FN3O3/c16-11-1-2-13-14(7-11)17-10-19(15(13)21)9-12(20)8-18-3-5-22-6-4-18/h1-2,7,10,12,20H,3-6,8-9H2. The molecule has 6 nitrogen and oxygen atoms in total. The molecular formula is C15H18FN3O3. The summed E-state index contributed by atoms with van der Waals surface area (Å²) in [5, 5.41) is 10.5. The van der Waals surface area contributed by atoms with E-state index in [1.807, 2.05) is 0 Å². The molecule has 1 N–H and O–H groups in total. The molecule has 3 rings (SSSR count). The van der Waals surface area contributed by atoms with Crippen molar-refractivity contribution in [1.29, 1.82) is 0 Å². The molecule has 0 spiro atoms. The molecule has 2 aromatic rings. The lowest BCUT2D eigenvalue weighted by Gasteiger charge is -2.28. The molecule has 1 aliphatic heterocycles. The van der Waals surface area contributed by atoms with Crippen molar-refractivity contribution in [2.75, 3.05) is 32.8 Å². The number of aromatic nitrogens is 2. The fraction of sp³-hybridized carbons (Fsp3) is 0.467. The summed E-state index contributed by atoms with van der Waals surface area (Å²) in [4.78, 5) is 18.5. The molecule has 1 unspecified atom stereocenters. The smallest absolute Gasteiger partial charge is 0.261 e. The van der Waals surface area contributed by atoms with Gasteiger partial charge in [0.1, 0.15) is 5.82 Å². The van der Waals surface area contributed by atoms with Crippen LogP contribution in [-0.4, -0.2) is 58.5 Å². The molecule has 0 saturated carbocycles. The second-order valence-electron chi connectivity index (χ2n) is 5.43. The van der Waals surface area contributed by atoms with Crippen molar-refractivity contribution in [2.24, 2.45) is 0 Å². The molecule has 0 amide bonds. The molecule has 1 aliphatic rings. The molecule has 22 heavy (non-hydrogen) atoms. The largest absolute Gasteiger partial charge is 0.390 e. The van der Waals surface area contributed by atoms with Crippen LogP contribution in [0.4, 0.5) is 4.39 Å². The quantitative estimate of drug-likeness (QED) is 0.876. The molecule has 2 heterocycles. The normalized spacial score (nSPS) is 17.7. The van der Waals surface area contributed by atoms with Crippen LogP contribution in [0.3, 0.4) is 0 Å². The second-order valence-corrected chi connectivity index (χ2v) is 5.43. The monoisotopic (exact) mass is 307 g/mol. The predicted molar refractivity (Wildman–Crippen MR) is 79.2 cm³/mol. The number of nitrogens with zero attached hydrogens (tertiary/aromatic N) is 3. The molecule has 1 fully saturated rings. The lowest BCUT2D eigenvalue weighted by atomic mass is 10.2. The minimum absolute atomic E-state index is 0.163. The van der Waals surface area contributed by atoms with Crippen molar-refractivity contribution >= 4 is 10.9 Å². The zero-order valence-electron chi connectivity index (χ0n) is 12.1. The lowest BCUT2D eigenvalue weighted by Crippen LogP contribution is -2.42. The number of fused-ring (bicyclic) bond motifs is 1. The third-order valence-corrected chi connectivity index (χ3v) is 3.77. The second kappa shape index (κ2) is 6.51. The van der Waals surface area contributed by atoms with E-state index in [4.69, 9.17) is 4.74 Å². The van der Waals surface area contributed by atoms with E-state index < -0.39 is 11.9 Å². The van der Waals surface area contributed by atoms with E-state index in [0.29, 0.717) is 30.7 Å². The Kier molecular flexibility index (Phi) is 4.47. The van der Waals surface area contributed by atoms with Crippen molar-refractivity contribution < 1.29 is 14.2 Å². The van der Waals surface area contributed by atoms with E-state index in [-0.39, 0.29) is 12.1 Å². The average molecular weight is 307 g/mol. The Labute approximate surface area is 126 Å². The summed E-state index contributed by atoms with van der Waals surface area (Å²) in [6.45, 7) is 3.53. The SMILES string of the molecule is O=c1c2ccc(F)cc2ncn1CC(O)CN1CCOCC1. The topological polar surface area (TPSA) is 67.6 Å². The van der Waals surface area contributed by atoms with E-state index in [1.165, 1.54) is 29.1 Å². The Balaban J connectivity index is 1.74. The number of hydrogen-bond donors (Lipinski definition) is 1. The summed E-state index contributed by atoms with van der Waals surface area (Å²) in [5.41, 5.74) is 0.0509. The van der Waals surface area contributed by atoms with Crippen LogP contribution < -0.4 is 5.56 Å². The number of ether oxygens (including phenoxy) is 1. The molecule has 7 heteroatoms. The average Bonchev–Trinajstić information content (AvgIpc) is 2.51. The zero-order chi connectivity index (χ0) is 15.5. The highest BCUT2D eigenvalue weighted by Gasteiger charge is 2.16. The highest BCUT2D eigenvalue weighted by atomic mass is 19.1. The van der Waals surface area contributed by atoms with Crippen molar-refractivity contribution in [2.45, 2.75) is 12.6 Å². The Bertz CT molecular complexity index is 713. The van der Waals surface area contributed by atoms with Gasteiger partial charge in [-0.15, -0.1) is 0 Å². The van der Waals surface area contributed by atoms with E-state index >= 15 is 0 Å². The van der Waals surface area contributed by atoms with Gasteiger partial charge in [0.05, 0.1) is 43.1 Å². The summed E-state index contributed by atoms with van der Waals surface area (Å²) < 4.78 is 19.8. The maximum absolute atomic E-state index is 13.1. The molecular weight excluding hydrogens is 289 g/mol. The number of halogens is 1. The number of aliphatic hydroxyl groups excluding tert-OH is 1. The number of benzene rings is 1. The van der Waals surface area contributed by atoms with Gasteiger partial charge >= 0.3 is 0 Å². The Morgan fingerprint density at radius 1 is 1.32 bits per heavy atom. The van der Waals surface area contributed by atoms with Crippen molar-refractivity contribution in [3.05, 3.63) is 40.7 Å². The summed E-state index contributed by atoms with van der Waals surface area (Å²) in [5.74, 6) is -0.426. The maximum Gasteiger partial charge on any atom is 0.261 e. The molecule has 1 atom stereocenters. The number of aliphatic hydroxyl groups is 1. The van der Waals surface area contributed by atoms with E-state index in [0.717, 1.165) is 13.1 Å². The van der Waals surface area contributed by atoms with Crippen LogP contribution in [0, 0.1) is 5.82 Å². The zero-order valence-corrected chi connectivity index (χ0v) is 12.1. The first-order chi connectivity index (χ1) is 10.6. The Morgan fingerprint density at radius 2 is 2.09 bits per heavy atom. The van der Waals surface area contributed by atoms with Crippen molar-refractivity contribution in [3.63, 3.8) is 0 Å². The first kappa shape index (κ1) is 15.1. The third kappa shape index (κ3) is 3.32.